The third-order valence-corrected chi connectivity index (χ3v) is 11.1. The van der Waals surface area contributed by atoms with Crippen LogP contribution in [0.5, 0.6) is 0 Å². The van der Waals surface area contributed by atoms with Gasteiger partial charge in [-0.25, -0.2) is 5.43 Å². The van der Waals surface area contributed by atoms with Gasteiger partial charge in [-0.3, -0.25) is 38.6 Å². The van der Waals surface area contributed by atoms with Gasteiger partial charge in [-0.05, 0) is 95.1 Å². The molecule has 0 aliphatic carbocycles. The molecule has 0 radical (unpaired) electrons. The van der Waals surface area contributed by atoms with Gasteiger partial charge in [0.15, 0.2) is 0 Å². The molecule has 1 fully saturated rings. The number of likely N-dealkylation sites (N-methyl/N-ethyl adjacent to an activating group) is 1. The molecule has 2 N–H and O–H groups in total. The maximum absolute atomic E-state index is 14.5. The van der Waals surface area contributed by atoms with E-state index in [1.807, 2.05) is 64.0 Å². The lowest BCUT2D eigenvalue weighted by Gasteiger charge is -2.36. The molecule has 56 heavy (non-hydrogen) atoms. The summed E-state index contributed by atoms with van der Waals surface area (Å²) < 4.78 is 15.7. The van der Waals surface area contributed by atoms with E-state index in [4.69, 9.17) is 14.5 Å². The Morgan fingerprint density at radius 1 is 1.12 bits per heavy atom. The third kappa shape index (κ3) is 8.16. The first-order chi connectivity index (χ1) is 26.6. The number of esters is 1. The summed E-state index contributed by atoms with van der Waals surface area (Å²) in [6.07, 6.45) is 4.78. The van der Waals surface area contributed by atoms with Crippen molar-refractivity contribution in [2.45, 2.75) is 98.0 Å². The van der Waals surface area contributed by atoms with E-state index in [1.165, 1.54) is 5.01 Å². The van der Waals surface area contributed by atoms with Crippen molar-refractivity contribution in [3.8, 4) is 16.9 Å². The average molecular weight is 768 g/mol. The number of hydrogen-bond acceptors (Lipinski definition) is 9. The van der Waals surface area contributed by atoms with E-state index in [2.05, 4.69) is 42.1 Å². The molecule has 13 nitrogen and oxygen atoms in total. The number of nitrogens with one attached hydrogen (secondary N) is 2. The summed E-state index contributed by atoms with van der Waals surface area (Å²) in [5, 5.41) is 5.36. The zero-order chi connectivity index (χ0) is 40.5. The quantitative estimate of drug-likeness (QED) is 0.242. The molecule has 13 heteroatoms. The minimum absolute atomic E-state index is 0.0409. The summed E-state index contributed by atoms with van der Waals surface area (Å²) in [5.74, 6) is -1.23. The van der Waals surface area contributed by atoms with Gasteiger partial charge in [0.1, 0.15) is 12.1 Å². The molecule has 5 heterocycles. The molecule has 6 rings (SSSR count). The molecule has 4 atom stereocenters. The molecule has 4 aromatic rings. The highest BCUT2D eigenvalue weighted by Gasteiger charge is 2.37. The van der Waals surface area contributed by atoms with Crippen LogP contribution in [0, 0.1) is 11.3 Å². The van der Waals surface area contributed by atoms with Crippen LogP contribution in [0.4, 0.5) is 0 Å². The lowest BCUT2D eigenvalue weighted by molar-refractivity contribution is -0.155. The number of amides is 2. The van der Waals surface area contributed by atoms with Gasteiger partial charge in [0.05, 0.1) is 30.1 Å². The number of methoxy groups -OCH3 is 1. The van der Waals surface area contributed by atoms with E-state index in [1.54, 1.807) is 36.2 Å². The molecule has 2 aliphatic heterocycles. The number of rotatable bonds is 8. The second kappa shape index (κ2) is 16.7. The second-order valence-electron chi connectivity index (χ2n) is 16.5. The van der Waals surface area contributed by atoms with Crippen molar-refractivity contribution in [1.82, 2.24) is 34.8 Å². The smallest absolute Gasteiger partial charge is 0.324 e. The topological polar surface area (TPSA) is 140 Å². The predicted octanol–water partition coefficient (Wildman–Crippen LogP) is 4.82. The van der Waals surface area contributed by atoms with Crippen molar-refractivity contribution in [2.24, 2.45) is 11.3 Å². The van der Waals surface area contributed by atoms with E-state index in [0.717, 1.165) is 33.4 Å². The number of carbonyl (C=O) groups is 3. The Balaban J connectivity index is 1.55. The van der Waals surface area contributed by atoms with Gasteiger partial charge in [-0.2, -0.15) is 0 Å². The Kier molecular flexibility index (Phi) is 12.2. The Bertz CT molecular complexity index is 2150. The first kappa shape index (κ1) is 40.8. The van der Waals surface area contributed by atoms with Crippen LogP contribution < -0.4 is 16.3 Å². The molecule has 2 aliphatic rings. The summed E-state index contributed by atoms with van der Waals surface area (Å²) in [6.45, 7) is 13.3. The number of fused-ring (bicyclic) bond motifs is 6. The highest BCUT2D eigenvalue weighted by molar-refractivity contribution is 5.94. The second-order valence-corrected chi connectivity index (χ2v) is 16.5. The van der Waals surface area contributed by atoms with Gasteiger partial charge < -0.3 is 19.4 Å². The van der Waals surface area contributed by atoms with Crippen LogP contribution in [0.25, 0.3) is 27.8 Å². The molecule has 3 aromatic heterocycles. The van der Waals surface area contributed by atoms with Crippen LogP contribution in [0.15, 0.2) is 59.7 Å². The van der Waals surface area contributed by atoms with E-state index in [9.17, 15) is 19.2 Å². The highest BCUT2D eigenvalue weighted by Crippen LogP contribution is 2.41. The first-order valence-electron chi connectivity index (χ1n) is 19.7. The fraction of sp³-hybridized carbons (Fsp3) is 0.512. The molecule has 0 spiro atoms. The summed E-state index contributed by atoms with van der Waals surface area (Å²) >= 11 is 0. The molecule has 0 saturated carbocycles. The van der Waals surface area contributed by atoms with E-state index in [-0.39, 0.29) is 36.5 Å². The van der Waals surface area contributed by atoms with Crippen molar-refractivity contribution >= 4 is 28.7 Å². The van der Waals surface area contributed by atoms with Crippen LogP contribution in [0.1, 0.15) is 77.3 Å². The lowest BCUT2D eigenvalue weighted by atomic mass is 9.84. The van der Waals surface area contributed by atoms with E-state index in [0.29, 0.717) is 43.6 Å². The predicted molar refractivity (Wildman–Crippen MR) is 216 cm³/mol. The van der Waals surface area contributed by atoms with Crippen molar-refractivity contribution in [1.29, 1.82) is 0 Å². The fourth-order valence-corrected chi connectivity index (χ4v) is 8.34. The third-order valence-electron chi connectivity index (χ3n) is 11.1. The fourth-order valence-electron chi connectivity index (χ4n) is 8.34. The van der Waals surface area contributed by atoms with Gasteiger partial charge >= 0.3 is 5.97 Å². The monoisotopic (exact) mass is 767 g/mol. The number of ether oxygens (including phenoxy) is 2. The van der Waals surface area contributed by atoms with Crippen LogP contribution in [0.2, 0.25) is 0 Å². The largest absolute Gasteiger partial charge is 0.464 e. The zero-order valence-corrected chi connectivity index (χ0v) is 34.2. The molecule has 300 valence electrons. The number of benzene rings is 1. The molecular formula is C43H57N7O6. The van der Waals surface area contributed by atoms with Crippen LogP contribution in [-0.2, 0) is 43.2 Å². The number of hydrogen-bond donors (Lipinski definition) is 2. The Morgan fingerprint density at radius 3 is 2.59 bits per heavy atom. The standard InChI is InChI=1S/C43H57N7O6/c1-10-48-35-18-17-29-23-31(35)32(38(48)30-15-11-19-44-36(30)27(4)55-9)24-43(5,6)25-56-42(54)33-16-13-21-50(46-33)41(53)34(22-28-14-12-20-49(29)40(28)52)45-39(51)37(26(2)3)47(7)8/h11-12,14-15,17-20,23,26-27,33-34,37,46H,10,13,16,21-22,24-25H2,1-9H3,(H,45,51)/t27?,33-,34?,37?/m0/s1. The minimum Gasteiger partial charge on any atom is -0.464 e. The summed E-state index contributed by atoms with van der Waals surface area (Å²) in [6, 6.07) is 11.2. The molecular weight excluding hydrogens is 711 g/mol. The number of cyclic esters (lactones) is 1. The van der Waals surface area contributed by atoms with Crippen molar-refractivity contribution < 1.29 is 23.9 Å². The van der Waals surface area contributed by atoms with Gasteiger partial charge in [0, 0.05) is 72.1 Å². The Morgan fingerprint density at radius 2 is 1.89 bits per heavy atom. The molecule has 3 unspecified atom stereocenters. The van der Waals surface area contributed by atoms with Gasteiger partial charge in [0.25, 0.3) is 11.5 Å². The Hall–Kier alpha value is -4.85. The number of aromatic nitrogens is 3. The van der Waals surface area contributed by atoms with E-state index < -0.39 is 35.4 Å². The lowest BCUT2D eigenvalue weighted by Crippen LogP contribution is -2.62. The maximum Gasteiger partial charge on any atom is 0.324 e. The molecule has 1 aromatic carbocycles. The number of nitrogens with zero attached hydrogens (tertiary/aromatic N) is 5. The minimum atomic E-state index is -1.08. The number of aryl methyl sites for hydroxylation is 1. The molecule has 2 amide bonds. The summed E-state index contributed by atoms with van der Waals surface area (Å²) in [4.78, 5) is 62.9. The Labute approximate surface area is 329 Å². The highest BCUT2D eigenvalue weighted by atomic mass is 16.5. The SMILES string of the molecule is CCn1c(-c2cccnc2C(C)OC)c2c3cc(ccc31)-n1cccc(c1=O)CC(NC(=O)C(C(C)C)N(C)C)C(=O)N1CCC[C@H](N1)C(=O)OCC(C)(C)C2. The average Bonchev–Trinajstić information content (AvgIpc) is 3.47. The zero-order valence-electron chi connectivity index (χ0n) is 34.2. The normalized spacial score (nSPS) is 20.2. The van der Waals surface area contributed by atoms with Gasteiger partial charge in [-0.15, -0.1) is 0 Å². The van der Waals surface area contributed by atoms with E-state index >= 15 is 0 Å². The number of pyridine rings is 2. The molecule has 6 bridgehead atoms. The van der Waals surface area contributed by atoms with Crippen LogP contribution >= 0.6 is 0 Å². The van der Waals surface area contributed by atoms with Gasteiger partial charge in [-0.1, -0.05) is 33.8 Å². The molecule has 1 saturated heterocycles. The van der Waals surface area contributed by atoms with Crippen molar-refractivity contribution in [3.05, 3.63) is 82.0 Å². The maximum atomic E-state index is 14.5. The number of hydrazine groups is 1. The summed E-state index contributed by atoms with van der Waals surface area (Å²) in [5.41, 5.74) is 8.12. The van der Waals surface area contributed by atoms with Gasteiger partial charge in [0.2, 0.25) is 5.91 Å². The van der Waals surface area contributed by atoms with Crippen LogP contribution in [0.3, 0.4) is 0 Å². The number of carbonyl (C=O) groups excluding carboxylic acids is 3. The van der Waals surface area contributed by atoms with Crippen LogP contribution in [-0.4, -0.2) is 94.3 Å². The summed E-state index contributed by atoms with van der Waals surface area (Å²) in [7, 11) is 5.32. The van der Waals surface area contributed by atoms with Crippen molar-refractivity contribution in [3.63, 3.8) is 0 Å². The van der Waals surface area contributed by atoms with Crippen molar-refractivity contribution in [2.75, 3.05) is 34.4 Å². The first-order valence-corrected chi connectivity index (χ1v) is 19.7.